The molecule has 0 saturated carbocycles. The molecule has 0 saturated heterocycles. The topological polar surface area (TPSA) is 118 Å². The lowest BCUT2D eigenvalue weighted by atomic mass is 10.1. The van der Waals surface area contributed by atoms with Gasteiger partial charge in [0.15, 0.2) is 0 Å². The van der Waals surface area contributed by atoms with Crippen LogP contribution in [0.5, 0.6) is 0 Å². The monoisotopic (exact) mass is 196 g/mol. The lowest BCUT2D eigenvalue weighted by Gasteiger charge is -2.07. The Kier molecular flexibility index (Phi) is 12.6. The Morgan fingerprint density at radius 1 is 1.08 bits per heavy atom. The molecule has 0 aliphatic carbocycles. The SMILES string of the molecule is O=C(O)O.OCCCC(CO)CO. The van der Waals surface area contributed by atoms with Gasteiger partial charge in [-0.15, -0.1) is 0 Å². The van der Waals surface area contributed by atoms with E-state index < -0.39 is 6.16 Å². The van der Waals surface area contributed by atoms with Crippen LogP contribution in [0, 0.1) is 5.92 Å². The van der Waals surface area contributed by atoms with Crippen LogP contribution >= 0.6 is 0 Å². The lowest BCUT2D eigenvalue weighted by molar-refractivity contribution is 0.135. The molecule has 6 nitrogen and oxygen atoms in total. The van der Waals surface area contributed by atoms with E-state index in [1.165, 1.54) is 0 Å². The normalized spacial score (nSPS) is 9.23. The largest absolute Gasteiger partial charge is 0.503 e. The van der Waals surface area contributed by atoms with Crippen LogP contribution in [-0.4, -0.2) is 51.5 Å². The first-order chi connectivity index (χ1) is 6.08. The van der Waals surface area contributed by atoms with Gasteiger partial charge in [0.2, 0.25) is 0 Å². The van der Waals surface area contributed by atoms with Crippen LogP contribution in [0.2, 0.25) is 0 Å². The van der Waals surface area contributed by atoms with Gasteiger partial charge in [0.1, 0.15) is 0 Å². The molecule has 0 fully saturated rings. The van der Waals surface area contributed by atoms with Crippen LogP contribution in [0.15, 0.2) is 0 Å². The van der Waals surface area contributed by atoms with E-state index in [0.29, 0.717) is 12.8 Å². The number of aliphatic hydroxyl groups is 3. The first-order valence-electron chi connectivity index (χ1n) is 3.82. The summed E-state index contributed by atoms with van der Waals surface area (Å²) in [5.41, 5.74) is 0. The van der Waals surface area contributed by atoms with Gasteiger partial charge >= 0.3 is 6.16 Å². The van der Waals surface area contributed by atoms with Crippen molar-refractivity contribution in [1.29, 1.82) is 0 Å². The van der Waals surface area contributed by atoms with Gasteiger partial charge in [0, 0.05) is 25.7 Å². The number of hydrogen-bond donors (Lipinski definition) is 5. The average molecular weight is 196 g/mol. The van der Waals surface area contributed by atoms with Gasteiger partial charge in [-0.25, -0.2) is 4.79 Å². The van der Waals surface area contributed by atoms with E-state index in [2.05, 4.69) is 0 Å². The number of carbonyl (C=O) groups is 1. The molecule has 0 aliphatic heterocycles. The number of carboxylic acid groups (broad SMARTS) is 2. The van der Waals surface area contributed by atoms with Crippen LogP contribution in [-0.2, 0) is 0 Å². The van der Waals surface area contributed by atoms with Crippen molar-refractivity contribution in [3.8, 4) is 0 Å². The molecule has 0 bridgehead atoms. The van der Waals surface area contributed by atoms with E-state index in [1.54, 1.807) is 0 Å². The Morgan fingerprint density at radius 3 is 1.69 bits per heavy atom. The summed E-state index contributed by atoms with van der Waals surface area (Å²) in [5.74, 6) is -0.0443. The third-order valence-corrected chi connectivity index (χ3v) is 1.29. The molecule has 0 unspecified atom stereocenters. The fraction of sp³-hybridized carbons (Fsp3) is 0.857. The molecule has 5 N–H and O–H groups in total. The molecule has 80 valence electrons. The molecule has 0 aromatic rings. The Balaban J connectivity index is 0. The van der Waals surface area contributed by atoms with Crippen molar-refractivity contribution in [1.82, 2.24) is 0 Å². The molecule has 0 aromatic heterocycles. The fourth-order valence-electron chi connectivity index (χ4n) is 0.620. The van der Waals surface area contributed by atoms with E-state index in [9.17, 15) is 0 Å². The van der Waals surface area contributed by atoms with Crippen molar-refractivity contribution in [2.75, 3.05) is 19.8 Å². The van der Waals surface area contributed by atoms with Crippen LogP contribution in [0.25, 0.3) is 0 Å². The highest BCUT2D eigenvalue weighted by Gasteiger charge is 2.03. The summed E-state index contributed by atoms with van der Waals surface area (Å²) in [4.78, 5) is 8.56. The van der Waals surface area contributed by atoms with Gasteiger partial charge in [-0.3, -0.25) is 0 Å². The quantitative estimate of drug-likeness (QED) is 0.407. The first-order valence-corrected chi connectivity index (χ1v) is 3.82. The first kappa shape index (κ1) is 14.7. The van der Waals surface area contributed by atoms with Crippen molar-refractivity contribution >= 4 is 6.16 Å². The summed E-state index contributed by atoms with van der Waals surface area (Å²) < 4.78 is 0. The minimum Gasteiger partial charge on any atom is -0.450 e. The molecule has 0 spiro atoms. The highest BCUT2D eigenvalue weighted by Crippen LogP contribution is 2.02. The molecule has 0 heterocycles. The van der Waals surface area contributed by atoms with Gasteiger partial charge in [-0.05, 0) is 12.8 Å². The summed E-state index contributed by atoms with van der Waals surface area (Å²) in [6.45, 7) is 0.156. The van der Waals surface area contributed by atoms with Gasteiger partial charge in [0.05, 0.1) is 0 Å². The van der Waals surface area contributed by atoms with E-state index in [4.69, 9.17) is 30.3 Å². The second-order valence-electron chi connectivity index (χ2n) is 2.38. The maximum atomic E-state index is 8.56. The molecule has 0 rings (SSSR count). The summed E-state index contributed by atoms with van der Waals surface area (Å²) in [6, 6.07) is 0. The molecule has 0 aromatic carbocycles. The highest BCUT2D eigenvalue weighted by molar-refractivity contribution is 5.53. The molecular formula is C7H16O6. The molecule has 0 radical (unpaired) electrons. The minimum absolute atomic E-state index is 0.0104. The van der Waals surface area contributed by atoms with Crippen molar-refractivity contribution in [2.45, 2.75) is 12.8 Å². The van der Waals surface area contributed by atoms with Crippen LogP contribution in [0.1, 0.15) is 12.8 Å². The summed E-state index contributed by atoms with van der Waals surface area (Å²) >= 11 is 0. The van der Waals surface area contributed by atoms with E-state index in [-0.39, 0.29) is 25.7 Å². The predicted molar refractivity (Wildman–Crippen MR) is 44.6 cm³/mol. The molecule has 0 aliphatic rings. The maximum Gasteiger partial charge on any atom is 0.503 e. The van der Waals surface area contributed by atoms with Gasteiger partial charge in [0.25, 0.3) is 0 Å². The van der Waals surface area contributed by atoms with Gasteiger partial charge in [-0.1, -0.05) is 0 Å². The molecule has 13 heavy (non-hydrogen) atoms. The van der Waals surface area contributed by atoms with Crippen LogP contribution in [0.3, 0.4) is 0 Å². The maximum absolute atomic E-state index is 8.56. The zero-order valence-corrected chi connectivity index (χ0v) is 7.26. The highest BCUT2D eigenvalue weighted by atomic mass is 16.6. The lowest BCUT2D eigenvalue weighted by Crippen LogP contribution is -2.11. The summed E-state index contributed by atoms with van der Waals surface area (Å²) in [5, 5.41) is 39.3. The number of rotatable bonds is 5. The third kappa shape index (κ3) is 18.3. The molecule has 6 heteroatoms. The number of hydrogen-bond acceptors (Lipinski definition) is 4. The van der Waals surface area contributed by atoms with Crippen molar-refractivity contribution < 1.29 is 30.3 Å². The van der Waals surface area contributed by atoms with Crippen LogP contribution in [0.4, 0.5) is 4.79 Å². The minimum atomic E-state index is -1.83. The van der Waals surface area contributed by atoms with Crippen LogP contribution < -0.4 is 0 Å². The van der Waals surface area contributed by atoms with Gasteiger partial charge < -0.3 is 25.5 Å². The number of aliphatic hydroxyl groups excluding tert-OH is 3. The van der Waals surface area contributed by atoms with Gasteiger partial charge in [-0.2, -0.15) is 0 Å². The average Bonchev–Trinajstić information content (AvgIpc) is 2.06. The third-order valence-electron chi connectivity index (χ3n) is 1.29. The van der Waals surface area contributed by atoms with E-state index >= 15 is 0 Å². The zero-order chi connectivity index (χ0) is 10.7. The second-order valence-corrected chi connectivity index (χ2v) is 2.38. The van der Waals surface area contributed by atoms with Crippen molar-refractivity contribution in [2.24, 2.45) is 5.92 Å². The standard InChI is InChI=1S/C6H14O3.CH2O3/c7-3-1-2-6(4-8)5-9;2-1(3)4/h6-9H,1-5H2;(H2,2,3,4). The van der Waals surface area contributed by atoms with E-state index in [0.717, 1.165) is 0 Å². The summed E-state index contributed by atoms with van der Waals surface area (Å²) in [6.07, 6.45) is -0.477. The van der Waals surface area contributed by atoms with Crippen molar-refractivity contribution in [3.63, 3.8) is 0 Å². The molecular weight excluding hydrogens is 180 g/mol. The van der Waals surface area contributed by atoms with E-state index in [1.807, 2.05) is 0 Å². The Bertz CT molecular complexity index is 108. The Morgan fingerprint density at radius 2 is 1.46 bits per heavy atom. The Labute approximate surface area is 76.1 Å². The second kappa shape index (κ2) is 11.2. The van der Waals surface area contributed by atoms with Crippen molar-refractivity contribution in [3.05, 3.63) is 0 Å². The fourth-order valence-corrected chi connectivity index (χ4v) is 0.620. The molecule has 0 atom stereocenters. The predicted octanol–water partition coefficient (Wildman–Crippen LogP) is -0.418. The smallest absolute Gasteiger partial charge is 0.450 e. The Hall–Kier alpha value is -0.850. The zero-order valence-electron chi connectivity index (χ0n) is 7.26. The summed E-state index contributed by atoms with van der Waals surface area (Å²) in [7, 11) is 0. The molecule has 0 amide bonds.